The Bertz CT molecular complexity index is 1270. The van der Waals surface area contributed by atoms with E-state index >= 15 is 0 Å². The van der Waals surface area contributed by atoms with Crippen LogP contribution in [0.1, 0.15) is 20.7 Å². The van der Waals surface area contributed by atoms with E-state index in [9.17, 15) is 39.6 Å². The quantitative estimate of drug-likeness (QED) is 0.186. The molecule has 2 aromatic carbocycles. The number of rotatable bonds is 7. The van der Waals surface area contributed by atoms with Crippen LogP contribution in [-0.2, 0) is 28.7 Å². The molecule has 0 N–H and O–H groups in total. The van der Waals surface area contributed by atoms with Gasteiger partial charge in [-0.05, 0) is 23.6 Å². The van der Waals surface area contributed by atoms with E-state index in [1.165, 1.54) is 24.3 Å². The number of halogens is 3. The number of hydroxylamine groups is 2. The van der Waals surface area contributed by atoms with Gasteiger partial charge < -0.3 is 0 Å². The highest BCUT2D eigenvalue weighted by atomic mass is 32.2. The summed E-state index contributed by atoms with van der Waals surface area (Å²) < 4.78 is 90.9. The van der Waals surface area contributed by atoms with Crippen molar-refractivity contribution >= 4 is 54.6 Å². The second kappa shape index (κ2) is 8.05. The fraction of sp³-hybridized carbons (Fsp3) is 0.250. The van der Waals surface area contributed by atoms with Crippen molar-refractivity contribution in [1.29, 1.82) is 0 Å². The van der Waals surface area contributed by atoms with E-state index in [1.54, 1.807) is 6.07 Å². The lowest BCUT2D eigenvalue weighted by Gasteiger charge is -2.26. The first kappa shape index (κ1) is 23.5. The van der Waals surface area contributed by atoms with Crippen LogP contribution in [0.3, 0.4) is 0 Å². The smallest absolute Gasteiger partial charge is 0.269 e. The predicted octanol–water partition coefficient (Wildman–Crippen LogP) is 2.29. The average Bonchev–Trinajstić information content (AvgIpc) is 2.65. The second-order valence-electron chi connectivity index (χ2n) is 6.09. The Hall–Kier alpha value is -2.20. The topological polar surface area (TPSA) is 124 Å². The van der Waals surface area contributed by atoms with E-state index < -0.39 is 42.6 Å². The minimum atomic E-state index is -6.25. The number of thioether (sulfide) groups is 1. The van der Waals surface area contributed by atoms with E-state index in [0.29, 0.717) is 10.3 Å². The van der Waals surface area contributed by atoms with Crippen LogP contribution < -0.4 is 0 Å². The molecule has 3 rings (SSSR count). The zero-order valence-electron chi connectivity index (χ0n) is 15.4. The monoisotopic (exact) mass is 499 g/mol. The lowest BCUT2D eigenvalue weighted by molar-refractivity contribution is -0.0761. The van der Waals surface area contributed by atoms with Gasteiger partial charge in [-0.2, -0.15) is 30.0 Å². The molecule has 31 heavy (non-hydrogen) atoms. The maximum atomic E-state index is 12.6. The standard InChI is InChI=1S/C16H12F3NO8S3/c1-30(23,24)27-7-8-29-12-6-5-11-13-9(12)3-2-4-10(13)14(21)20(15(11)22)28-31(25,26)16(17,18)19/h2-6H,7-8H2,1H3. The Balaban J connectivity index is 1.97. The summed E-state index contributed by atoms with van der Waals surface area (Å²) in [4.78, 5) is 25.6. The molecule has 0 bridgehead atoms. The molecule has 168 valence electrons. The third kappa shape index (κ3) is 4.69. The summed E-state index contributed by atoms with van der Waals surface area (Å²) in [5, 5.41) is 0.0577. The van der Waals surface area contributed by atoms with Crippen molar-refractivity contribution in [3.8, 4) is 0 Å². The molecule has 0 aliphatic carbocycles. The molecule has 1 aliphatic heterocycles. The highest BCUT2D eigenvalue weighted by Crippen LogP contribution is 2.37. The molecule has 15 heteroatoms. The molecular formula is C16H12F3NO8S3. The van der Waals surface area contributed by atoms with Crippen molar-refractivity contribution in [3.05, 3.63) is 41.5 Å². The number of imide groups is 1. The molecule has 0 radical (unpaired) electrons. The lowest BCUT2D eigenvalue weighted by atomic mass is 9.95. The first-order valence-corrected chi connectivity index (χ1v) is 12.4. The fourth-order valence-corrected chi connectivity index (χ4v) is 4.50. The molecule has 0 aromatic heterocycles. The Kier molecular flexibility index (Phi) is 6.09. The molecule has 2 aromatic rings. The van der Waals surface area contributed by atoms with Gasteiger partial charge in [0.1, 0.15) is 0 Å². The number of amides is 2. The van der Waals surface area contributed by atoms with E-state index in [1.807, 2.05) is 0 Å². The molecule has 0 saturated heterocycles. The van der Waals surface area contributed by atoms with Gasteiger partial charge in [0, 0.05) is 16.0 Å². The van der Waals surface area contributed by atoms with Crippen molar-refractivity contribution < 1.29 is 48.1 Å². The maximum absolute atomic E-state index is 12.6. The van der Waals surface area contributed by atoms with Gasteiger partial charge in [-0.3, -0.25) is 13.8 Å². The normalized spacial score (nSPS) is 15.0. The van der Waals surface area contributed by atoms with Crippen LogP contribution in [0.5, 0.6) is 0 Å². The van der Waals surface area contributed by atoms with E-state index in [2.05, 4.69) is 8.47 Å². The maximum Gasteiger partial charge on any atom is 0.525 e. The predicted molar refractivity (Wildman–Crippen MR) is 102 cm³/mol. The van der Waals surface area contributed by atoms with Gasteiger partial charge in [0.25, 0.3) is 21.9 Å². The molecule has 1 heterocycles. The molecular weight excluding hydrogens is 487 g/mol. The second-order valence-corrected chi connectivity index (χ2v) is 10.4. The van der Waals surface area contributed by atoms with E-state index in [4.69, 9.17) is 0 Å². The molecule has 0 fully saturated rings. The number of hydrogen-bond acceptors (Lipinski definition) is 9. The number of alkyl halides is 3. The molecule has 2 amide bonds. The van der Waals surface area contributed by atoms with Gasteiger partial charge in [0.15, 0.2) is 0 Å². The van der Waals surface area contributed by atoms with Gasteiger partial charge in [-0.25, -0.2) is 0 Å². The molecule has 1 aliphatic rings. The minimum Gasteiger partial charge on any atom is -0.269 e. The lowest BCUT2D eigenvalue weighted by Crippen LogP contribution is -2.44. The average molecular weight is 499 g/mol. The van der Waals surface area contributed by atoms with E-state index in [0.717, 1.165) is 18.0 Å². The van der Waals surface area contributed by atoms with Gasteiger partial charge >= 0.3 is 15.6 Å². The molecule has 0 spiro atoms. The summed E-state index contributed by atoms with van der Waals surface area (Å²) in [7, 11) is -9.88. The van der Waals surface area contributed by atoms with Crippen LogP contribution in [0.2, 0.25) is 0 Å². The van der Waals surface area contributed by atoms with Crippen molar-refractivity contribution in [3.63, 3.8) is 0 Å². The third-order valence-corrected chi connectivity index (χ3v) is 6.47. The van der Waals surface area contributed by atoms with Crippen molar-refractivity contribution in [1.82, 2.24) is 5.06 Å². The highest BCUT2D eigenvalue weighted by Gasteiger charge is 2.51. The summed E-state index contributed by atoms with van der Waals surface area (Å²) >= 11 is 1.16. The summed E-state index contributed by atoms with van der Waals surface area (Å²) in [5.41, 5.74) is -6.31. The van der Waals surface area contributed by atoms with Crippen LogP contribution in [0.4, 0.5) is 13.2 Å². The summed E-state index contributed by atoms with van der Waals surface area (Å²) in [6, 6.07) is 6.78. The highest BCUT2D eigenvalue weighted by molar-refractivity contribution is 7.99. The number of hydrogen-bond donors (Lipinski definition) is 0. The molecule has 0 unspecified atom stereocenters. The Morgan fingerprint density at radius 2 is 1.61 bits per heavy atom. The van der Waals surface area contributed by atoms with Gasteiger partial charge in [-0.15, -0.1) is 21.1 Å². The fourth-order valence-electron chi connectivity index (χ4n) is 2.72. The van der Waals surface area contributed by atoms with Crippen molar-refractivity contribution in [2.45, 2.75) is 10.4 Å². The van der Waals surface area contributed by atoms with Crippen LogP contribution in [0, 0.1) is 0 Å². The SMILES string of the molecule is CS(=O)(=O)OCCSc1ccc2c3c(cccc13)C(=O)N(OS(=O)(=O)C(F)(F)F)C2=O. The van der Waals surface area contributed by atoms with Crippen molar-refractivity contribution in [2.75, 3.05) is 18.6 Å². The zero-order chi connectivity index (χ0) is 23.2. The summed E-state index contributed by atoms with van der Waals surface area (Å²) in [5.74, 6) is -2.55. The summed E-state index contributed by atoms with van der Waals surface area (Å²) in [6.45, 7) is -0.138. The molecule has 0 saturated carbocycles. The van der Waals surface area contributed by atoms with Crippen molar-refractivity contribution in [2.24, 2.45) is 0 Å². The number of benzene rings is 2. The third-order valence-electron chi connectivity index (χ3n) is 3.92. The Morgan fingerprint density at radius 3 is 2.19 bits per heavy atom. The number of carbonyl (C=O) groups is 2. The Labute approximate surface area is 178 Å². The van der Waals surface area contributed by atoms with E-state index in [-0.39, 0.29) is 28.9 Å². The van der Waals surface area contributed by atoms with Crippen LogP contribution in [0.15, 0.2) is 35.2 Å². The first-order chi connectivity index (χ1) is 14.2. The first-order valence-electron chi connectivity index (χ1n) is 8.15. The van der Waals surface area contributed by atoms with Crippen LogP contribution in [0.25, 0.3) is 10.8 Å². The van der Waals surface area contributed by atoms with Gasteiger partial charge in [0.05, 0.1) is 24.0 Å². The molecule has 0 atom stereocenters. The van der Waals surface area contributed by atoms with Gasteiger partial charge in [-0.1, -0.05) is 12.1 Å². The number of nitrogens with zero attached hydrogens (tertiary/aromatic N) is 1. The van der Waals surface area contributed by atoms with Crippen LogP contribution >= 0.6 is 11.8 Å². The number of carbonyl (C=O) groups excluding carboxylic acids is 2. The largest absolute Gasteiger partial charge is 0.525 e. The summed E-state index contributed by atoms with van der Waals surface area (Å²) in [6.07, 6.45) is 0.893. The zero-order valence-corrected chi connectivity index (χ0v) is 17.8. The molecule has 9 nitrogen and oxygen atoms in total. The Morgan fingerprint density at radius 1 is 1.00 bits per heavy atom. The van der Waals surface area contributed by atoms with Crippen LogP contribution in [-0.4, -0.2) is 57.8 Å². The minimum absolute atomic E-state index is 0.107. The van der Waals surface area contributed by atoms with Gasteiger partial charge in [0.2, 0.25) is 0 Å².